The van der Waals surface area contributed by atoms with Gasteiger partial charge in [-0.2, -0.15) is 0 Å². The van der Waals surface area contributed by atoms with Crippen LogP contribution < -0.4 is 0 Å². The molecule has 0 radical (unpaired) electrons. The summed E-state index contributed by atoms with van der Waals surface area (Å²) in [7, 11) is 0. The van der Waals surface area contributed by atoms with Crippen LogP contribution in [0, 0.1) is 17.8 Å². The molecule has 84 valence electrons. The van der Waals surface area contributed by atoms with Crippen molar-refractivity contribution in [3.63, 3.8) is 0 Å². The van der Waals surface area contributed by atoms with E-state index in [-0.39, 0.29) is 0 Å². The Labute approximate surface area is 90.5 Å². The van der Waals surface area contributed by atoms with Gasteiger partial charge in [-0.15, -0.1) is 0 Å². The van der Waals surface area contributed by atoms with Gasteiger partial charge in [0.15, 0.2) is 0 Å². The molecule has 0 bridgehead atoms. The van der Waals surface area contributed by atoms with Gasteiger partial charge in [0.25, 0.3) is 0 Å². The molecule has 0 N–H and O–H groups in total. The van der Waals surface area contributed by atoms with Crippen LogP contribution in [-0.4, -0.2) is 0 Å². The third kappa shape index (κ3) is 5.02. The van der Waals surface area contributed by atoms with Crippen LogP contribution in [0.5, 0.6) is 0 Å². The van der Waals surface area contributed by atoms with Gasteiger partial charge in [0.1, 0.15) is 0 Å². The van der Waals surface area contributed by atoms with E-state index in [1.54, 1.807) is 0 Å². The van der Waals surface area contributed by atoms with Gasteiger partial charge in [0.2, 0.25) is 0 Å². The Morgan fingerprint density at radius 2 is 1.93 bits per heavy atom. The molecule has 1 rings (SSSR count). The summed E-state index contributed by atoms with van der Waals surface area (Å²) in [6.45, 7) is 7.10. The van der Waals surface area contributed by atoms with Gasteiger partial charge in [-0.3, -0.25) is 0 Å². The van der Waals surface area contributed by atoms with Gasteiger partial charge in [-0.25, -0.2) is 0 Å². The maximum absolute atomic E-state index is 2.43. The number of unbranched alkanes of at least 4 members (excludes halogenated alkanes) is 1. The summed E-state index contributed by atoms with van der Waals surface area (Å²) < 4.78 is 0. The molecule has 1 saturated carbocycles. The van der Waals surface area contributed by atoms with E-state index < -0.39 is 0 Å². The maximum atomic E-state index is 2.43. The van der Waals surface area contributed by atoms with E-state index >= 15 is 0 Å². The van der Waals surface area contributed by atoms with Crippen LogP contribution in [0.4, 0.5) is 0 Å². The molecule has 0 saturated heterocycles. The summed E-state index contributed by atoms with van der Waals surface area (Å²) in [5.74, 6) is 2.99. The fourth-order valence-corrected chi connectivity index (χ4v) is 2.81. The lowest BCUT2D eigenvalue weighted by molar-refractivity contribution is 0.263. The normalized spacial score (nSPS) is 28.3. The second-order valence-corrected chi connectivity index (χ2v) is 5.82. The highest BCUT2D eigenvalue weighted by Gasteiger charge is 2.17. The molecule has 0 aromatic heterocycles. The number of rotatable bonds is 5. The number of hydrogen-bond donors (Lipinski definition) is 0. The van der Waals surface area contributed by atoms with Crippen molar-refractivity contribution in [3.8, 4) is 0 Å². The summed E-state index contributed by atoms with van der Waals surface area (Å²) in [4.78, 5) is 0. The van der Waals surface area contributed by atoms with Crippen LogP contribution in [0.15, 0.2) is 0 Å². The summed E-state index contributed by atoms with van der Waals surface area (Å²) in [6.07, 6.45) is 11.9. The van der Waals surface area contributed by atoms with Crippen molar-refractivity contribution in [1.82, 2.24) is 0 Å². The topological polar surface area (TPSA) is 0 Å². The zero-order valence-corrected chi connectivity index (χ0v) is 10.4. The fraction of sp³-hybridized carbons (Fsp3) is 1.00. The highest BCUT2D eigenvalue weighted by molar-refractivity contribution is 4.70. The van der Waals surface area contributed by atoms with Crippen LogP contribution >= 0.6 is 0 Å². The van der Waals surface area contributed by atoms with Crippen LogP contribution in [0.1, 0.15) is 72.1 Å². The minimum Gasteiger partial charge on any atom is -0.0628 e. The van der Waals surface area contributed by atoms with E-state index in [4.69, 9.17) is 0 Å². The van der Waals surface area contributed by atoms with Gasteiger partial charge in [0.05, 0.1) is 0 Å². The molecule has 2 unspecified atom stereocenters. The molecule has 14 heavy (non-hydrogen) atoms. The quantitative estimate of drug-likeness (QED) is 0.541. The summed E-state index contributed by atoms with van der Waals surface area (Å²) >= 11 is 0. The minimum atomic E-state index is 0.903. The van der Waals surface area contributed by atoms with Crippen LogP contribution in [0.25, 0.3) is 0 Å². The predicted molar refractivity (Wildman–Crippen MR) is 64.4 cm³/mol. The number of hydrogen-bond acceptors (Lipinski definition) is 0. The molecular weight excluding hydrogens is 168 g/mol. The van der Waals surface area contributed by atoms with E-state index in [0.717, 1.165) is 17.8 Å². The zero-order valence-electron chi connectivity index (χ0n) is 10.4. The Morgan fingerprint density at radius 3 is 2.57 bits per heavy atom. The van der Waals surface area contributed by atoms with Crippen molar-refractivity contribution in [2.24, 2.45) is 17.8 Å². The van der Waals surface area contributed by atoms with Gasteiger partial charge in [0, 0.05) is 0 Å². The average Bonchev–Trinajstić information content (AvgIpc) is 2.12. The van der Waals surface area contributed by atoms with Crippen molar-refractivity contribution in [3.05, 3.63) is 0 Å². The summed E-state index contributed by atoms with van der Waals surface area (Å²) in [5, 5.41) is 0. The van der Waals surface area contributed by atoms with Crippen LogP contribution in [0.3, 0.4) is 0 Å². The lowest BCUT2D eigenvalue weighted by Gasteiger charge is -2.26. The van der Waals surface area contributed by atoms with E-state index in [1.165, 1.54) is 51.4 Å². The Hall–Kier alpha value is 0. The lowest BCUT2D eigenvalue weighted by atomic mass is 9.80. The molecule has 0 heteroatoms. The zero-order chi connectivity index (χ0) is 10.4. The third-order valence-corrected chi connectivity index (χ3v) is 3.69. The minimum absolute atomic E-state index is 0.903. The Morgan fingerprint density at radius 1 is 1.14 bits per heavy atom. The molecule has 1 aliphatic rings. The molecule has 1 aliphatic carbocycles. The molecule has 0 aliphatic heterocycles. The highest BCUT2D eigenvalue weighted by Crippen LogP contribution is 2.31. The van der Waals surface area contributed by atoms with Gasteiger partial charge < -0.3 is 0 Å². The van der Waals surface area contributed by atoms with Gasteiger partial charge in [-0.1, -0.05) is 65.7 Å². The first kappa shape index (κ1) is 12.1. The van der Waals surface area contributed by atoms with Crippen molar-refractivity contribution < 1.29 is 0 Å². The molecule has 0 amide bonds. The summed E-state index contributed by atoms with van der Waals surface area (Å²) in [6, 6.07) is 0. The lowest BCUT2D eigenvalue weighted by Crippen LogP contribution is -2.13. The molecular formula is C14H28. The third-order valence-electron chi connectivity index (χ3n) is 3.69. The van der Waals surface area contributed by atoms with Crippen molar-refractivity contribution in [2.45, 2.75) is 72.1 Å². The highest BCUT2D eigenvalue weighted by atomic mass is 14.2. The fourth-order valence-electron chi connectivity index (χ4n) is 2.81. The second kappa shape index (κ2) is 6.48. The maximum Gasteiger partial charge on any atom is -0.0412 e. The summed E-state index contributed by atoms with van der Waals surface area (Å²) in [5.41, 5.74) is 0. The standard InChI is InChI=1S/C14H28/c1-12(2)7-4-5-9-14-10-6-8-13(3)11-14/h12-14H,4-11H2,1-3H3. The monoisotopic (exact) mass is 196 g/mol. The second-order valence-electron chi connectivity index (χ2n) is 5.82. The SMILES string of the molecule is CC(C)CCCCC1CCCC(C)C1. The first-order valence-electron chi connectivity index (χ1n) is 6.68. The van der Waals surface area contributed by atoms with E-state index in [0.29, 0.717) is 0 Å². The largest absolute Gasteiger partial charge is 0.0628 e. The molecule has 0 nitrogen and oxygen atoms in total. The average molecular weight is 196 g/mol. The van der Waals surface area contributed by atoms with E-state index in [1.807, 2.05) is 0 Å². The van der Waals surface area contributed by atoms with Gasteiger partial charge >= 0.3 is 0 Å². The van der Waals surface area contributed by atoms with E-state index in [2.05, 4.69) is 20.8 Å². The van der Waals surface area contributed by atoms with E-state index in [9.17, 15) is 0 Å². The molecule has 0 aromatic rings. The van der Waals surface area contributed by atoms with Crippen molar-refractivity contribution in [2.75, 3.05) is 0 Å². The predicted octanol–water partition coefficient (Wildman–Crippen LogP) is 5.03. The molecule has 1 fully saturated rings. The Kier molecular flexibility index (Phi) is 5.59. The first-order valence-corrected chi connectivity index (χ1v) is 6.68. The van der Waals surface area contributed by atoms with Crippen LogP contribution in [-0.2, 0) is 0 Å². The molecule has 2 atom stereocenters. The Bertz CT molecular complexity index is 137. The van der Waals surface area contributed by atoms with Crippen molar-refractivity contribution >= 4 is 0 Å². The Balaban J connectivity index is 2.00. The van der Waals surface area contributed by atoms with Gasteiger partial charge in [-0.05, 0) is 24.2 Å². The molecule has 0 heterocycles. The first-order chi connectivity index (χ1) is 6.68. The van der Waals surface area contributed by atoms with Crippen LogP contribution in [0.2, 0.25) is 0 Å². The molecule has 0 spiro atoms. The smallest absolute Gasteiger partial charge is 0.0412 e. The molecule has 0 aromatic carbocycles. The van der Waals surface area contributed by atoms with Crippen molar-refractivity contribution in [1.29, 1.82) is 0 Å².